The van der Waals surface area contributed by atoms with E-state index < -0.39 is 222 Å². The van der Waals surface area contributed by atoms with E-state index in [1.54, 1.807) is 0 Å². The Bertz CT molecular complexity index is 3900. The SMILES string of the molecule is [2H]c1c([2H])c(-c2c([2H])c([2H])c3c([2H])c([2H])c4c([2H])c([2H])c([2H])c5c([2H])c([2H])c2c3c45)c([2H])c2c1Oc1c([2H])c([2H])c(-c3c([2H])c([2H])c([2H])c4c([2H])c([2H])c([2H])c([2H])c34)c3c([2H])c([2H])c([2H])c-2c13. The molecule has 10 rings (SSSR count). The van der Waals surface area contributed by atoms with Crippen LogP contribution >= 0.6 is 0 Å². The van der Waals surface area contributed by atoms with E-state index in [2.05, 4.69) is 0 Å². The van der Waals surface area contributed by atoms with Gasteiger partial charge in [0.15, 0.2) is 0 Å². The van der Waals surface area contributed by atoms with Gasteiger partial charge in [0.05, 0.1) is 32.9 Å². The first kappa shape index (κ1) is 9.97. The molecule has 1 aliphatic rings. The van der Waals surface area contributed by atoms with Gasteiger partial charge in [0, 0.05) is 10.9 Å². The van der Waals surface area contributed by atoms with E-state index in [1.165, 1.54) is 0 Å². The first-order valence-corrected chi connectivity index (χ1v) is 12.9. The lowest BCUT2D eigenvalue weighted by atomic mass is 9.87. The molecule has 0 saturated carbocycles. The summed E-state index contributed by atoms with van der Waals surface area (Å²) in [5.41, 5.74) is -3.51. The van der Waals surface area contributed by atoms with Gasteiger partial charge in [-0.2, -0.15) is 0 Å². The highest BCUT2D eigenvalue weighted by atomic mass is 16.5. The van der Waals surface area contributed by atoms with Crippen LogP contribution in [0.1, 0.15) is 32.9 Å². The first-order chi connectivity index (χ1) is 31.3. The summed E-state index contributed by atoms with van der Waals surface area (Å²) in [6.45, 7) is 0. The van der Waals surface area contributed by atoms with E-state index in [1.807, 2.05) is 0 Å². The van der Waals surface area contributed by atoms with Gasteiger partial charge in [0.1, 0.15) is 11.5 Å². The Morgan fingerprint density at radius 3 is 1.88 bits per heavy atom. The van der Waals surface area contributed by atoms with Crippen LogP contribution in [-0.4, -0.2) is 0 Å². The number of benzene rings is 9. The van der Waals surface area contributed by atoms with Crippen LogP contribution in [0.25, 0.3) is 87.2 Å². The van der Waals surface area contributed by atoms with Gasteiger partial charge >= 0.3 is 0 Å². The molecule has 0 amide bonds. The van der Waals surface area contributed by atoms with Gasteiger partial charge in [0.2, 0.25) is 0 Å². The molecule has 0 saturated heterocycles. The lowest BCUT2D eigenvalue weighted by Crippen LogP contribution is -1.98. The third-order valence-electron chi connectivity index (χ3n) is 7.51. The summed E-state index contributed by atoms with van der Waals surface area (Å²) in [5, 5.41) is -4.09. The van der Waals surface area contributed by atoms with Crippen molar-refractivity contribution in [3.63, 3.8) is 0 Å². The Kier molecular flexibility index (Phi) is 1.96. The largest absolute Gasteiger partial charge is 0.456 e. The predicted octanol–water partition coefficient (Wildman–Crippen LogP) is 12.0. The fourth-order valence-corrected chi connectivity index (χ4v) is 5.64. The van der Waals surface area contributed by atoms with Crippen LogP contribution in [0.4, 0.5) is 0 Å². The van der Waals surface area contributed by atoms with Crippen LogP contribution in [0, 0.1) is 0 Å². The maximum atomic E-state index is 9.80. The molecule has 0 spiro atoms. The first-order valence-electron chi connectivity index (χ1n) is 24.9. The molecule has 1 heteroatoms. The van der Waals surface area contributed by atoms with Crippen molar-refractivity contribution in [1.29, 1.82) is 0 Å². The normalized spacial score (nSPS) is 20.2. The van der Waals surface area contributed by atoms with E-state index in [9.17, 15) is 12.3 Å². The van der Waals surface area contributed by atoms with Crippen molar-refractivity contribution in [2.45, 2.75) is 0 Å². The molecule has 0 fully saturated rings. The molecule has 9 aromatic rings. The van der Waals surface area contributed by atoms with Crippen LogP contribution in [0.3, 0.4) is 0 Å². The standard InChI is InChI=1S/C42H24O/c1-2-10-30-25(6-1)7-4-11-32(30)33-21-23-39-42-34(33)12-5-13-35(42)37-24-29(18-22-38(37)43-39)31-19-16-28-15-14-26-8-3-9-27-17-20-36(31)41(28)40(26)27/h1-24H/i1D,2D,3D,4D,5D,6D,7D,8D,9D,10D,11D,12D,13D,14D,15D,16D,17D,18D,19D,20D,21D,22D,23D,24D. The Labute approximate surface area is 282 Å². The molecule has 0 N–H and O–H groups in total. The fourth-order valence-electron chi connectivity index (χ4n) is 5.64. The maximum absolute atomic E-state index is 9.80. The van der Waals surface area contributed by atoms with E-state index in [-0.39, 0.29) is 21.5 Å². The zero-order chi connectivity index (χ0) is 49.0. The van der Waals surface area contributed by atoms with Gasteiger partial charge in [0.25, 0.3) is 0 Å². The second-order valence-corrected chi connectivity index (χ2v) is 9.76. The molecule has 1 nitrogen and oxygen atoms in total. The number of hydrogen-bond donors (Lipinski definition) is 0. The summed E-state index contributed by atoms with van der Waals surface area (Å²) in [6, 6.07) is -19.0. The van der Waals surface area contributed by atoms with E-state index in [0.29, 0.717) is 0 Å². The van der Waals surface area contributed by atoms with Crippen LogP contribution in [0.15, 0.2) is 145 Å². The molecule has 0 radical (unpaired) electrons. The highest BCUT2D eigenvalue weighted by Gasteiger charge is 2.23. The summed E-state index contributed by atoms with van der Waals surface area (Å²) in [4.78, 5) is 0. The molecule has 0 bridgehead atoms. The minimum atomic E-state index is -0.895. The van der Waals surface area contributed by atoms with Crippen molar-refractivity contribution in [3.8, 4) is 44.9 Å². The molecular formula is C42H24O. The summed E-state index contributed by atoms with van der Waals surface area (Å²) in [5.74, 6) is -1.28. The number of ether oxygens (including phenoxy) is 1. The van der Waals surface area contributed by atoms with Crippen molar-refractivity contribution in [1.82, 2.24) is 0 Å². The summed E-state index contributed by atoms with van der Waals surface area (Å²) in [6.07, 6.45) is 0. The van der Waals surface area contributed by atoms with Crippen molar-refractivity contribution in [3.05, 3.63) is 145 Å². The van der Waals surface area contributed by atoms with Crippen molar-refractivity contribution in [2.75, 3.05) is 0 Å². The summed E-state index contributed by atoms with van der Waals surface area (Å²) >= 11 is 0. The van der Waals surface area contributed by atoms with Gasteiger partial charge in [-0.15, -0.1) is 0 Å². The molecule has 1 heterocycles. The molecule has 0 aliphatic carbocycles. The third-order valence-corrected chi connectivity index (χ3v) is 7.51. The maximum Gasteiger partial charge on any atom is 0.135 e. The molecule has 0 aromatic heterocycles. The number of hydrogen-bond acceptors (Lipinski definition) is 1. The van der Waals surface area contributed by atoms with Crippen LogP contribution in [0.5, 0.6) is 11.5 Å². The molecule has 9 aromatic carbocycles. The number of fused-ring (bicyclic) bond motifs is 3. The van der Waals surface area contributed by atoms with Crippen LogP contribution < -0.4 is 4.74 Å². The van der Waals surface area contributed by atoms with Crippen molar-refractivity contribution >= 4 is 53.9 Å². The lowest BCUT2D eigenvalue weighted by Gasteiger charge is -2.24. The van der Waals surface area contributed by atoms with Crippen LogP contribution in [0.2, 0.25) is 0 Å². The average Bonchev–Trinajstić information content (AvgIpc) is 3.29. The lowest BCUT2D eigenvalue weighted by molar-refractivity contribution is 0.487. The predicted molar refractivity (Wildman–Crippen MR) is 182 cm³/mol. The second-order valence-electron chi connectivity index (χ2n) is 9.76. The molecule has 0 unspecified atom stereocenters. The van der Waals surface area contributed by atoms with Gasteiger partial charge in [-0.05, 0) is 94.4 Å². The Balaban J connectivity index is 1.42. The number of rotatable bonds is 2. The highest BCUT2D eigenvalue weighted by Crippen LogP contribution is 2.50. The van der Waals surface area contributed by atoms with Gasteiger partial charge < -0.3 is 4.74 Å². The smallest absolute Gasteiger partial charge is 0.135 e. The molecule has 43 heavy (non-hydrogen) atoms. The average molecular weight is 569 g/mol. The zero-order valence-corrected chi connectivity index (χ0v) is 21.4. The van der Waals surface area contributed by atoms with Crippen molar-refractivity contribution < 1.29 is 37.6 Å². The second kappa shape index (κ2) is 8.44. The summed E-state index contributed by atoms with van der Waals surface area (Å²) in [7, 11) is 0. The fraction of sp³-hybridized carbons (Fsp3) is 0. The molecular weight excluding hydrogens is 520 g/mol. The quantitative estimate of drug-likeness (QED) is 0.188. The third kappa shape index (κ3) is 3.17. The Morgan fingerprint density at radius 2 is 0.953 bits per heavy atom. The Hall–Kier alpha value is -5.66. The monoisotopic (exact) mass is 568 g/mol. The van der Waals surface area contributed by atoms with Gasteiger partial charge in [-0.3, -0.25) is 0 Å². The van der Waals surface area contributed by atoms with Crippen molar-refractivity contribution in [2.24, 2.45) is 0 Å². The molecule has 0 atom stereocenters. The van der Waals surface area contributed by atoms with E-state index in [0.717, 1.165) is 0 Å². The Morgan fingerprint density at radius 1 is 0.349 bits per heavy atom. The van der Waals surface area contributed by atoms with E-state index in [4.69, 9.17) is 25.3 Å². The minimum absolute atomic E-state index is 0.227. The highest BCUT2D eigenvalue weighted by molar-refractivity contribution is 6.25. The molecule has 198 valence electrons. The summed E-state index contributed by atoms with van der Waals surface area (Å²) < 4.78 is 221. The van der Waals surface area contributed by atoms with Gasteiger partial charge in [-0.1, -0.05) is 127 Å². The zero-order valence-electron chi connectivity index (χ0n) is 45.4. The van der Waals surface area contributed by atoms with Crippen LogP contribution in [-0.2, 0) is 0 Å². The van der Waals surface area contributed by atoms with E-state index >= 15 is 0 Å². The topological polar surface area (TPSA) is 9.23 Å². The van der Waals surface area contributed by atoms with Gasteiger partial charge in [-0.25, -0.2) is 0 Å². The minimum Gasteiger partial charge on any atom is -0.456 e. The molecule has 1 aliphatic heterocycles.